The molecule has 0 aliphatic carbocycles. The minimum atomic E-state index is -3.52. The van der Waals surface area contributed by atoms with E-state index in [0.29, 0.717) is 12.1 Å². The molecular formula is C15H26N2O3S. The second-order valence-electron chi connectivity index (χ2n) is 6.47. The first kappa shape index (κ1) is 18.1. The fraction of sp³-hybridized carbons (Fsp3) is 0.600. The average Bonchev–Trinajstić information content (AvgIpc) is 2.35. The molecule has 120 valence electrons. The minimum Gasteiger partial charge on any atom is -0.389 e. The summed E-state index contributed by atoms with van der Waals surface area (Å²) in [5, 5.41) is 9.44. The molecule has 1 unspecified atom stereocenters. The van der Waals surface area contributed by atoms with Crippen LogP contribution in [0.1, 0.15) is 32.4 Å². The zero-order chi connectivity index (χ0) is 16.3. The molecule has 0 aliphatic rings. The first-order valence-corrected chi connectivity index (χ1v) is 8.44. The number of nitrogens with one attached hydrogen (secondary N) is 1. The Labute approximate surface area is 128 Å². The third-order valence-corrected chi connectivity index (χ3v) is 4.57. The van der Waals surface area contributed by atoms with Gasteiger partial charge in [-0.05, 0) is 44.1 Å². The molecule has 0 bridgehead atoms. The Hall–Kier alpha value is -0.950. The molecule has 5 nitrogen and oxygen atoms in total. The van der Waals surface area contributed by atoms with Crippen LogP contribution in [0.2, 0.25) is 0 Å². The second-order valence-corrected chi connectivity index (χ2v) is 8.24. The van der Waals surface area contributed by atoms with E-state index < -0.39 is 16.1 Å². The molecule has 0 heterocycles. The van der Waals surface area contributed by atoms with E-state index >= 15 is 0 Å². The predicted octanol–water partition coefficient (Wildman–Crippen LogP) is 1.61. The topological polar surface area (TPSA) is 69.6 Å². The fourth-order valence-electron chi connectivity index (χ4n) is 2.21. The lowest BCUT2D eigenvalue weighted by Gasteiger charge is -2.28. The molecule has 0 fully saturated rings. The Bertz CT molecular complexity index is 549. The van der Waals surface area contributed by atoms with Crippen molar-refractivity contribution in [1.29, 1.82) is 0 Å². The quantitative estimate of drug-likeness (QED) is 0.802. The first-order valence-electron chi connectivity index (χ1n) is 6.96. The lowest BCUT2D eigenvalue weighted by atomic mass is 9.93. The average molecular weight is 314 g/mol. The van der Waals surface area contributed by atoms with Crippen molar-refractivity contribution in [2.24, 2.45) is 5.41 Å². The van der Waals surface area contributed by atoms with Crippen LogP contribution in [0.3, 0.4) is 0 Å². The number of aliphatic hydroxyl groups is 1. The van der Waals surface area contributed by atoms with Crippen molar-refractivity contribution in [2.75, 3.05) is 27.2 Å². The maximum Gasteiger partial charge on any atom is 0.240 e. The molecule has 2 N–H and O–H groups in total. The third-order valence-electron chi connectivity index (χ3n) is 3.16. The third kappa shape index (κ3) is 5.74. The summed E-state index contributed by atoms with van der Waals surface area (Å²) in [6, 6.07) is 6.29. The SMILES string of the molecule is CC(O)c1ccc(S(=O)(=O)NCC(C)(C)CN(C)C)cc1. The highest BCUT2D eigenvalue weighted by Gasteiger charge is 2.23. The van der Waals surface area contributed by atoms with Gasteiger partial charge in [0.05, 0.1) is 11.0 Å². The molecule has 1 aromatic rings. The number of nitrogens with zero attached hydrogens (tertiary/aromatic N) is 1. The van der Waals surface area contributed by atoms with Gasteiger partial charge in [0.25, 0.3) is 0 Å². The lowest BCUT2D eigenvalue weighted by Crippen LogP contribution is -2.39. The van der Waals surface area contributed by atoms with Crippen molar-refractivity contribution in [3.05, 3.63) is 29.8 Å². The van der Waals surface area contributed by atoms with Gasteiger partial charge in [-0.1, -0.05) is 26.0 Å². The van der Waals surface area contributed by atoms with Gasteiger partial charge in [-0.3, -0.25) is 0 Å². The van der Waals surface area contributed by atoms with Gasteiger partial charge in [0.15, 0.2) is 0 Å². The van der Waals surface area contributed by atoms with Crippen molar-refractivity contribution >= 4 is 10.0 Å². The van der Waals surface area contributed by atoms with Gasteiger partial charge < -0.3 is 10.0 Å². The van der Waals surface area contributed by atoms with Crippen LogP contribution < -0.4 is 4.72 Å². The maximum absolute atomic E-state index is 12.3. The Morgan fingerprint density at radius 1 is 1.24 bits per heavy atom. The molecule has 0 saturated heterocycles. The fourth-order valence-corrected chi connectivity index (χ4v) is 3.45. The summed E-state index contributed by atoms with van der Waals surface area (Å²) in [5.74, 6) is 0. The molecule has 0 radical (unpaired) electrons. The second kappa shape index (κ2) is 6.87. The normalized spacial score (nSPS) is 14.4. The van der Waals surface area contributed by atoms with Crippen molar-refractivity contribution in [3.63, 3.8) is 0 Å². The summed E-state index contributed by atoms with van der Waals surface area (Å²) in [6.07, 6.45) is -0.603. The molecule has 0 aliphatic heterocycles. The van der Waals surface area contributed by atoms with E-state index in [1.807, 2.05) is 32.8 Å². The van der Waals surface area contributed by atoms with Crippen LogP contribution in [0.4, 0.5) is 0 Å². The van der Waals surface area contributed by atoms with Gasteiger partial charge in [0, 0.05) is 13.1 Å². The van der Waals surface area contributed by atoms with Gasteiger partial charge >= 0.3 is 0 Å². The molecule has 0 aromatic heterocycles. The highest BCUT2D eigenvalue weighted by Crippen LogP contribution is 2.18. The Morgan fingerprint density at radius 3 is 2.19 bits per heavy atom. The highest BCUT2D eigenvalue weighted by atomic mass is 32.2. The van der Waals surface area contributed by atoms with Crippen molar-refractivity contribution in [3.8, 4) is 0 Å². The predicted molar refractivity (Wildman–Crippen MR) is 84.6 cm³/mol. The summed E-state index contributed by atoms with van der Waals surface area (Å²) in [5.41, 5.74) is 0.540. The van der Waals surface area contributed by atoms with Crippen LogP contribution >= 0.6 is 0 Å². The molecule has 1 aromatic carbocycles. The van der Waals surface area contributed by atoms with Crippen LogP contribution in [0.25, 0.3) is 0 Å². The van der Waals surface area contributed by atoms with Crippen molar-refractivity contribution < 1.29 is 13.5 Å². The summed E-state index contributed by atoms with van der Waals surface area (Å²) >= 11 is 0. The number of aliphatic hydroxyl groups excluding tert-OH is 1. The maximum atomic E-state index is 12.3. The van der Waals surface area contributed by atoms with E-state index in [9.17, 15) is 13.5 Å². The molecule has 6 heteroatoms. The van der Waals surface area contributed by atoms with Gasteiger partial charge in [0.1, 0.15) is 0 Å². The highest BCUT2D eigenvalue weighted by molar-refractivity contribution is 7.89. The van der Waals surface area contributed by atoms with E-state index in [-0.39, 0.29) is 10.3 Å². The molecule has 1 atom stereocenters. The largest absolute Gasteiger partial charge is 0.389 e. The number of sulfonamides is 1. The smallest absolute Gasteiger partial charge is 0.240 e. The standard InChI is InChI=1S/C15H26N2O3S/c1-12(18)13-6-8-14(9-7-13)21(19,20)16-10-15(2,3)11-17(4)5/h6-9,12,16,18H,10-11H2,1-5H3. The number of rotatable bonds is 7. The van der Waals surface area contributed by atoms with E-state index in [0.717, 1.165) is 6.54 Å². The van der Waals surface area contributed by atoms with E-state index in [1.54, 1.807) is 19.1 Å². The van der Waals surface area contributed by atoms with Crippen LogP contribution in [-0.2, 0) is 10.0 Å². The summed E-state index contributed by atoms with van der Waals surface area (Å²) in [7, 11) is 0.405. The minimum absolute atomic E-state index is 0.157. The van der Waals surface area contributed by atoms with Crippen molar-refractivity contribution in [2.45, 2.75) is 31.8 Å². The lowest BCUT2D eigenvalue weighted by molar-refractivity contribution is 0.199. The van der Waals surface area contributed by atoms with Crippen LogP contribution in [0.15, 0.2) is 29.2 Å². The van der Waals surface area contributed by atoms with Gasteiger partial charge in [-0.25, -0.2) is 13.1 Å². The van der Waals surface area contributed by atoms with Crippen LogP contribution in [-0.4, -0.2) is 45.6 Å². The zero-order valence-corrected chi connectivity index (χ0v) is 14.2. The number of hydrogen-bond acceptors (Lipinski definition) is 4. The first-order chi connectivity index (χ1) is 9.53. The van der Waals surface area contributed by atoms with Gasteiger partial charge in [-0.2, -0.15) is 0 Å². The summed E-state index contributed by atoms with van der Waals surface area (Å²) in [6.45, 7) is 6.84. The van der Waals surface area contributed by atoms with Gasteiger partial charge in [0.2, 0.25) is 10.0 Å². The zero-order valence-electron chi connectivity index (χ0n) is 13.4. The van der Waals surface area contributed by atoms with Crippen LogP contribution in [0, 0.1) is 5.41 Å². The Morgan fingerprint density at radius 2 is 1.76 bits per heavy atom. The van der Waals surface area contributed by atoms with Gasteiger partial charge in [-0.15, -0.1) is 0 Å². The number of hydrogen-bond donors (Lipinski definition) is 2. The van der Waals surface area contributed by atoms with E-state index in [1.165, 1.54) is 12.1 Å². The van der Waals surface area contributed by atoms with E-state index in [4.69, 9.17) is 0 Å². The molecular weight excluding hydrogens is 288 g/mol. The number of benzene rings is 1. The Balaban J connectivity index is 2.78. The molecule has 1 rings (SSSR count). The van der Waals surface area contributed by atoms with E-state index in [2.05, 4.69) is 4.72 Å². The summed E-state index contributed by atoms with van der Waals surface area (Å²) in [4.78, 5) is 2.25. The molecule has 21 heavy (non-hydrogen) atoms. The monoisotopic (exact) mass is 314 g/mol. The Kier molecular flexibility index (Phi) is 5.92. The van der Waals surface area contributed by atoms with Crippen LogP contribution in [0.5, 0.6) is 0 Å². The van der Waals surface area contributed by atoms with Crippen molar-refractivity contribution in [1.82, 2.24) is 9.62 Å². The molecule has 0 spiro atoms. The molecule has 0 amide bonds. The molecule has 0 saturated carbocycles. The summed E-state index contributed by atoms with van der Waals surface area (Å²) < 4.78 is 27.2.